The predicted molar refractivity (Wildman–Crippen MR) is 349 cm³/mol. The number of carbonyl (C=O) groups is 6. The van der Waals surface area contributed by atoms with Gasteiger partial charge < -0.3 is 50.4 Å². The molecule has 6 aromatic carbocycles. The summed E-state index contributed by atoms with van der Waals surface area (Å²) in [6, 6.07) is 38.6. The van der Waals surface area contributed by atoms with E-state index in [-0.39, 0.29) is 88.2 Å². The number of benzene rings is 6. The Labute approximate surface area is 530 Å². The Morgan fingerprint density at radius 1 is 0.522 bits per heavy atom. The third-order valence-corrected chi connectivity index (χ3v) is 16.6. The van der Waals surface area contributed by atoms with Crippen LogP contribution in [0.15, 0.2) is 133 Å². The molecule has 476 valence electrons. The molecule has 2 fully saturated rings. The minimum absolute atomic E-state index is 0.0213. The lowest BCUT2D eigenvalue weighted by molar-refractivity contribution is 0.0942. The molecule has 0 aliphatic heterocycles. The molecule has 3 aromatic heterocycles. The molecule has 3 heterocycles. The summed E-state index contributed by atoms with van der Waals surface area (Å²) in [7, 11) is 0. The van der Waals surface area contributed by atoms with Gasteiger partial charge in [-0.25, -0.2) is 22.8 Å². The highest BCUT2D eigenvalue weighted by molar-refractivity contribution is 6.05. The second-order valence-corrected chi connectivity index (χ2v) is 23.0. The van der Waals surface area contributed by atoms with E-state index in [1.807, 2.05) is 100 Å². The third kappa shape index (κ3) is 14.7. The third-order valence-electron chi connectivity index (χ3n) is 16.6. The van der Waals surface area contributed by atoms with Gasteiger partial charge in [-0.2, -0.15) is 15.3 Å². The molecule has 0 radical (unpaired) electrons. The zero-order chi connectivity index (χ0) is 66.1. The van der Waals surface area contributed by atoms with Gasteiger partial charge in [0, 0.05) is 65.1 Å². The Balaban J connectivity index is 0.000000163. The van der Waals surface area contributed by atoms with Crippen molar-refractivity contribution in [2.45, 2.75) is 111 Å². The summed E-state index contributed by atoms with van der Waals surface area (Å²) in [6.07, 6.45) is 6.22. The zero-order valence-corrected chi connectivity index (χ0v) is 51.9. The van der Waals surface area contributed by atoms with Gasteiger partial charge in [-0.3, -0.25) is 28.8 Å². The number of nitrogens with one attached hydrogen (secondary N) is 3. The number of nitrogens with zero attached hydrogens (tertiary/aromatic N) is 6. The molecule has 1 unspecified atom stereocenters. The molecule has 2 saturated carbocycles. The number of nitrogens with two attached hydrogens (primary N) is 6. The van der Waals surface area contributed by atoms with E-state index in [4.69, 9.17) is 34.4 Å². The van der Waals surface area contributed by atoms with Crippen molar-refractivity contribution in [3.05, 3.63) is 212 Å². The first-order valence-corrected chi connectivity index (χ1v) is 30.3. The van der Waals surface area contributed by atoms with Crippen LogP contribution in [0.4, 0.5) is 26.2 Å². The van der Waals surface area contributed by atoms with Crippen molar-refractivity contribution in [2.24, 2.45) is 23.1 Å². The van der Waals surface area contributed by atoms with Gasteiger partial charge in [0.05, 0.1) is 12.1 Å². The number of hydrogen-bond donors (Lipinski definition) is 9. The first-order valence-electron chi connectivity index (χ1n) is 30.3. The number of primary amides is 3. The Morgan fingerprint density at radius 3 is 1.48 bits per heavy atom. The number of carbonyl (C=O) groups excluding carboxylic acids is 6. The molecule has 0 spiro atoms. The molecule has 9 aromatic rings. The maximum Gasteiger partial charge on any atom is 0.254 e. The van der Waals surface area contributed by atoms with Crippen LogP contribution in [-0.2, 0) is 26.2 Å². The zero-order valence-electron chi connectivity index (χ0n) is 51.9. The maximum atomic E-state index is 15.1. The number of rotatable bonds is 19. The first kappa shape index (κ1) is 65.5. The van der Waals surface area contributed by atoms with E-state index in [1.165, 1.54) is 28.9 Å². The van der Waals surface area contributed by atoms with Crippen LogP contribution in [0.1, 0.15) is 160 Å². The van der Waals surface area contributed by atoms with Crippen LogP contribution in [0.3, 0.4) is 0 Å². The van der Waals surface area contributed by atoms with Gasteiger partial charge in [-0.1, -0.05) is 110 Å². The van der Waals surface area contributed by atoms with E-state index in [0.717, 1.165) is 66.3 Å². The lowest BCUT2D eigenvalue weighted by Crippen LogP contribution is -2.24. The Kier molecular flexibility index (Phi) is 20.4. The largest absolute Gasteiger partial charge is 0.383 e. The summed E-state index contributed by atoms with van der Waals surface area (Å²) in [5.41, 5.74) is 43.7. The lowest BCUT2D eigenvalue weighted by atomic mass is 10.0. The van der Waals surface area contributed by atoms with Gasteiger partial charge in [0.2, 0.25) is 0 Å². The maximum absolute atomic E-state index is 15.1. The molecule has 11 rings (SSSR count). The minimum Gasteiger partial charge on any atom is -0.383 e. The quantitative estimate of drug-likeness (QED) is 0.0365. The van der Waals surface area contributed by atoms with Crippen LogP contribution >= 0.6 is 0 Å². The molecular formula is C69H75F2N15O6. The number of halogens is 2. The molecule has 0 saturated heterocycles. The van der Waals surface area contributed by atoms with Crippen molar-refractivity contribution in [3.8, 4) is 33.8 Å². The van der Waals surface area contributed by atoms with E-state index in [2.05, 4.69) is 38.2 Å². The highest BCUT2D eigenvalue weighted by atomic mass is 19.1. The normalized spacial score (nSPS) is 13.0. The molecule has 15 N–H and O–H groups in total. The predicted octanol–water partition coefficient (Wildman–Crippen LogP) is 9.79. The molecule has 2 aliphatic carbocycles. The number of nitrogen functional groups attached to an aromatic ring is 3. The van der Waals surface area contributed by atoms with Crippen molar-refractivity contribution >= 4 is 52.9 Å². The molecule has 23 heteroatoms. The SMILES string of the molecule is CCn1nc(-c2ccc(CNC(=O)c3ccccc3C)c(F)c2)c(C(N)=O)c1N.Cc1ccccc1C(=O)NCc1ccc(-c2nn(C(C)C3CC3)c(N)c2C(N)=O)cc1.Cc1ccccc1C(=O)NCc1ccc(-c2nn(C3CCCC3)c(N)c2C(N)=O)c(F)c1. The van der Waals surface area contributed by atoms with E-state index in [1.54, 1.807) is 45.8 Å². The van der Waals surface area contributed by atoms with Crippen LogP contribution in [0, 0.1) is 38.3 Å². The molecule has 6 amide bonds. The van der Waals surface area contributed by atoms with Gasteiger partial charge in [0.25, 0.3) is 35.4 Å². The van der Waals surface area contributed by atoms with Crippen LogP contribution in [-0.4, -0.2) is 64.8 Å². The summed E-state index contributed by atoms with van der Waals surface area (Å²) in [5.74, 6) is -2.61. The van der Waals surface area contributed by atoms with Gasteiger partial charge in [0.1, 0.15) is 62.9 Å². The number of amides is 6. The molecular weight excluding hydrogens is 1170 g/mol. The van der Waals surface area contributed by atoms with E-state index < -0.39 is 29.4 Å². The molecule has 0 bridgehead atoms. The standard InChI is InChI=1S/C24H26FN5O2.C24H27N5O2.C21H22FN5O2/c1-14-6-2-5-9-17(14)24(32)28-13-15-10-11-18(19(25)12-15)21-20(23(27)31)22(26)30(29-21)16-7-3-4-8-16;1-14-5-3-4-6-19(14)24(31)27-13-16-7-9-18(10-8-16)21-20(23(26)30)22(25)29(28-21)15(2)17-11-12-17;1-3-27-19(23)17(20(24)28)18(26-27)13-8-9-14(16(22)10-13)11-25-21(29)15-7-5-4-6-12(15)2/h2,5-6,9-12,16H,3-4,7-8,13,26H2,1H3,(H2,27,31)(H,28,32);3-10,15,17H,11-13,25H2,1-2H3,(H2,26,30)(H,27,31);4-10H,3,11,23H2,1-2H3,(H2,24,28)(H,25,29). The van der Waals surface area contributed by atoms with Gasteiger partial charge >= 0.3 is 0 Å². The second kappa shape index (κ2) is 28.7. The summed E-state index contributed by atoms with van der Waals surface area (Å²) in [5, 5.41) is 21.8. The fourth-order valence-electron chi connectivity index (χ4n) is 11.2. The van der Waals surface area contributed by atoms with Crippen molar-refractivity contribution in [3.63, 3.8) is 0 Å². The topological polar surface area (TPSA) is 348 Å². The van der Waals surface area contributed by atoms with Crippen LogP contribution < -0.4 is 50.4 Å². The summed E-state index contributed by atoms with van der Waals surface area (Å²) >= 11 is 0. The lowest BCUT2D eigenvalue weighted by Gasteiger charge is -2.12. The second-order valence-electron chi connectivity index (χ2n) is 23.0. The Bertz CT molecular complexity index is 4260. The Morgan fingerprint density at radius 2 is 0.989 bits per heavy atom. The van der Waals surface area contributed by atoms with Crippen molar-refractivity contribution in [1.82, 2.24) is 45.3 Å². The van der Waals surface area contributed by atoms with E-state index in [9.17, 15) is 33.2 Å². The molecule has 92 heavy (non-hydrogen) atoms. The number of aryl methyl sites for hydroxylation is 4. The van der Waals surface area contributed by atoms with Crippen molar-refractivity contribution in [1.29, 1.82) is 0 Å². The fourth-order valence-corrected chi connectivity index (χ4v) is 11.2. The average molecular weight is 1250 g/mol. The first-order chi connectivity index (χ1) is 44.1. The molecule has 2 aliphatic rings. The summed E-state index contributed by atoms with van der Waals surface area (Å²) < 4.78 is 34.5. The van der Waals surface area contributed by atoms with Gasteiger partial charge in [0.15, 0.2) is 0 Å². The minimum atomic E-state index is -0.740. The van der Waals surface area contributed by atoms with E-state index >= 15 is 4.39 Å². The highest BCUT2D eigenvalue weighted by Crippen LogP contribution is 2.42. The number of hydrogen-bond acceptors (Lipinski definition) is 12. The van der Waals surface area contributed by atoms with Crippen LogP contribution in [0.25, 0.3) is 33.8 Å². The highest BCUT2D eigenvalue weighted by Gasteiger charge is 2.34. The number of aromatic nitrogens is 6. The average Bonchev–Trinajstić information content (AvgIpc) is 1.64. The molecule has 21 nitrogen and oxygen atoms in total. The van der Waals surface area contributed by atoms with Crippen molar-refractivity contribution in [2.75, 3.05) is 17.2 Å². The molecule has 1 atom stereocenters. The van der Waals surface area contributed by atoms with Gasteiger partial charge in [-0.05, 0) is 130 Å². The smallest absolute Gasteiger partial charge is 0.254 e. The fraction of sp³-hybridized carbons (Fsp3) is 0.261. The van der Waals surface area contributed by atoms with Crippen LogP contribution in [0.2, 0.25) is 0 Å². The van der Waals surface area contributed by atoms with Crippen LogP contribution in [0.5, 0.6) is 0 Å². The summed E-state index contributed by atoms with van der Waals surface area (Å²) in [4.78, 5) is 73.1. The monoisotopic (exact) mass is 1250 g/mol. The summed E-state index contributed by atoms with van der Waals surface area (Å²) in [6.45, 7) is 10.5. The van der Waals surface area contributed by atoms with Gasteiger partial charge in [-0.15, -0.1) is 0 Å². The number of anilines is 3. The van der Waals surface area contributed by atoms with E-state index in [0.29, 0.717) is 63.9 Å². The Hall–Kier alpha value is -11.0. The van der Waals surface area contributed by atoms with Crippen molar-refractivity contribution < 1.29 is 37.5 Å².